The van der Waals surface area contributed by atoms with E-state index in [1.165, 1.54) is 29.2 Å². The van der Waals surface area contributed by atoms with Crippen LogP contribution in [0.2, 0.25) is 15.1 Å². The molecule has 0 saturated heterocycles. The largest absolute Gasteiger partial charge is 0.352 e. The molecule has 3 rings (SSSR count). The van der Waals surface area contributed by atoms with Crippen molar-refractivity contribution >= 4 is 62.3 Å². The summed E-state index contributed by atoms with van der Waals surface area (Å²) in [5.74, 6) is -0.978. The lowest BCUT2D eigenvalue weighted by Crippen LogP contribution is -2.52. The maximum atomic E-state index is 13.8. The number of hydrogen-bond acceptors (Lipinski definition) is 4. The summed E-state index contributed by atoms with van der Waals surface area (Å²) in [7, 11) is -4.17. The van der Waals surface area contributed by atoms with Crippen LogP contribution < -0.4 is 9.62 Å². The number of rotatable bonds is 10. The molecular formula is C27H28Cl3N3O4S. The van der Waals surface area contributed by atoms with E-state index in [4.69, 9.17) is 34.8 Å². The Hall–Kier alpha value is -2.78. The zero-order valence-corrected chi connectivity index (χ0v) is 24.2. The van der Waals surface area contributed by atoms with E-state index in [0.717, 1.165) is 4.31 Å². The van der Waals surface area contributed by atoms with Gasteiger partial charge in [0.1, 0.15) is 12.6 Å². The zero-order chi connectivity index (χ0) is 28.0. The van der Waals surface area contributed by atoms with Crippen LogP contribution in [-0.4, -0.2) is 43.8 Å². The van der Waals surface area contributed by atoms with Gasteiger partial charge in [-0.15, -0.1) is 0 Å². The molecule has 0 bridgehead atoms. The first-order valence-corrected chi connectivity index (χ1v) is 14.3. The van der Waals surface area contributed by atoms with E-state index in [9.17, 15) is 18.0 Å². The van der Waals surface area contributed by atoms with Crippen molar-refractivity contribution in [1.29, 1.82) is 0 Å². The smallest absolute Gasteiger partial charge is 0.264 e. The summed E-state index contributed by atoms with van der Waals surface area (Å²) >= 11 is 18.4. The molecule has 38 heavy (non-hydrogen) atoms. The van der Waals surface area contributed by atoms with E-state index in [-0.39, 0.29) is 23.4 Å². The van der Waals surface area contributed by atoms with Gasteiger partial charge in [-0.25, -0.2) is 8.42 Å². The van der Waals surface area contributed by atoms with E-state index < -0.39 is 28.5 Å². The normalized spacial score (nSPS) is 12.2. The molecule has 0 fully saturated rings. The van der Waals surface area contributed by atoms with Crippen LogP contribution in [0.25, 0.3) is 0 Å². The molecule has 2 amide bonds. The summed E-state index contributed by atoms with van der Waals surface area (Å²) in [6.45, 7) is 4.61. The van der Waals surface area contributed by atoms with Crippen LogP contribution in [0.3, 0.4) is 0 Å². The van der Waals surface area contributed by atoms with Crippen LogP contribution >= 0.6 is 34.8 Å². The van der Waals surface area contributed by atoms with Crippen LogP contribution in [0.15, 0.2) is 77.7 Å². The van der Waals surface area contributed by atoms with Crippen molar-refractivity contribution in [3.05, 3.63) is 93.4 Å². The third-order valence-corrected chi connectivity index (χ3v) is 8.31. The highest BCUT2D eigenvalue weighted by Gasteiger charge is 2.33. The van der Waals surface area contributed by atoms with Gasteiger partial charge in [0.25, 0.3) is 10.0 Å². The fourth-order valence-corrected chi connectivity index (χ4v) is 5.69. The molecule has 0 aliphatic rings. The second-order valence-corrected chi connectivity index (χ2v) is 12.0. The van der Waals surface area contributed by atoms with Gasteiger partial charge in [0.2, 0.25) is 11.8 Å². The average molecular weight is 597 g/mol. The number of benzene rings is 3. The fourth-order valence-electron chi connectivity index (χ4n) is 3.68. The van der Waals surface area contributed by atoms with Crippen molar-refractivity contribution in [3.63, 3.8) is 0 Å². The molecule has 7 nitrogen and oxygen atoms in total. The quantitative estimate of drug-likeness (QED) is 0.321. The van der Waals surface area contributed by atoms with Gasteiger partial charge in [0.15, 0.2) is 0 Å². The highest BCUT2D eigenvalue weighted by Crippen LogP contribution is 2.27. The number of hydrogen-bond donors (Lipinski definition) is 1. The fraction of sp³-hybridized carbons (Fsp3) is 0.259. The van der Waals surface area contributed by atoms with Crippen molar-refractivity contribution in [2.75, 3.05) is 10.8 Å². The molecule has 3 aromatic rings. The monoisotopic (exact) mass is 595 g/mol. The van der Waals surface area contributed by atoms with Gasteiger partial charge in [-0.05, 0) is 74.9 Å². The average Bonchev–Trinajstić information content (AvgIpc) is 2.86. The number of amides is 2. The predicted octanol–water partition coefficient (Wildman–Crippen LogP) is 5.78. The Morgan fingerprint density at radius 3 is 2.05 bits per heavy atom. The minimum Gasteiger partial charge on any atom is -0.352 e. The molecule has 0 aliphatic carbocycles. The van der Waals surface area contributed by atoms with Gasteiger partial charge in [-0.2, -0.15) is 0 Å². The van der Waals surface area contributed by atoms with Crippen molar-refractivity contribution < 1.29 is 18.0 Å². The lowest BCUT2D eigenvalue weighted by molar-refractivity contribution is -0.139. The minimum absolute atomic E-state index is 0.0311. The number of carbonyl (C=O) groups is 2. The number of anilines is 1. The summed E-state index contributed by atoms with van der Waals surface area (Å²) in [6, 6.07) is 17.7. The standard InChI is InChI=1S/C27H28Cl3N3O4S/c1-18(2)31-27(35)19(3)32(16-20-9-10-22(29)15-25(20)30)26(34)17-33(23-7-5-4-6-8-23)38(36,37)24-13-11-21(28)12-14-24/h4-15,18-19H,16-17H2,1-3H3,(H,31,35)/t19-/m0/s1. The van der Waals surface area contributed by atoms with E-state index >= 15 is 0 Å². The number of nitrogens with zero attached hydrogens (tertiary/aromatic N) is 2. The lowest BCUT2D eigenvalue weighted by atomic mass is 10.1. The van der Waals surface area contributed by atoms with Crippen LogP contribution in [0.1, 0.15) is 26.3 Å². The van der Waals surface area contributed by atoms with Crippen LogP contribution in [-0.2, 0) is 26.2 Å². The summed E-state index contributed by atoms with van der Waals surface area (Å²) in [4.78, 5) is 28.0. The van der Waals surface area contributed by atoms with Gasteiger partial charge in [-0.3, -0.25) is 13.9 Å². The molecule has 1 atom stereocenters. The van der Waals surface area contributed by atoms with Gasteiger partial charge in [-0.1, -0.05) is 59.1 Å². The molecule has 0 unspecified atom stereocenters. The van der Waals surface area contributed by atoms with Crippen molar-refractivity contribution in [2.24, 2.45) is 0 Å². The van der Waals surface area contributed by atoms with E-state index in [0.29, 0.717) is 26.3 Å². The Morgan fingerprint density at radius 2 is 1.47 bits per heavy atom. The summed E-state index contributed by atoms with van der Waals surface area (Å²) in [5.41, 5.74) is 0.847. The Balaban J connectivity index is 2.02. The first-order chi connectivity index (χ1) is 17.9. The number of nitrogens with one attached hydrogen (secondary N) is 1. The highest BCUT2D eigenvalue weighted by atomic mass is 35.5. The summed E-state index contributed by atoms with van der Waals surface area (Å²) in [5, 5.41) is 3.92. The van der Waals surface area contributed by atoms with Gasteiger partial charge in [0.05, 0.1) is 10.6 Å². The molecule has 0 saturated carbocycles. The number of carbonyl (C=O) groups excluding carboxylic acids is 2. The van der Waals surface area contributed by atoms with Gasteiger partial charge >= 0.3 is 0 Å². The predicted molar refractivity (Wildman–Crippen MR) is 152 cm³/mol. The third kappa shape index (κ3) is 7.41. The maximum Gasteiger partial charge on any atom is 0.264 e. The molecule has 0 aromatic heterocycles. The Morgan fingerprint density at radius 1 is 0.868 bits per heavy atom. The van der Waals surface area contributed by atoms with Crippen LogP contribution in [0, 0.1) is 0 Å². The molecule has 0 spiro atoms. The van der Waals surface area contributed by atoms with Gasteiger partial charge in [0, 0.05) is 27.7 Å². The minimum atomic E-state index is -4.17. The number of halogens is 3. The van der Waals surface area contributed by atoms with Crippen molar-refractivity contribution in [1.82, 2.24) is 10.2 Å². The SMILES string of the molecule is CC(C)NC(=O)[C@H](C)N(Cc1ccc(Cl)cc1Cl)C(=O)CN(c1ccccc1)S(=O)(=O)c1ccc(Cl)cc1. The van der Waals surface area contributed by atoms with E-state index in [2.05, 4.69) is 5.32 Å². The maximum absolute atomic E-state index is 13.8. The number of para-hydroxylation sites is 1. The molecule has 11 heteroatoms. The highest BCUT2D eigenvalue weighted by molar-refractivity contribution is 7.92. The Labute approximate surface area is 238 Å². The molecule has 202 valence electrons. The molecule has 3 aromatic carbocycles. The summed E-state index contributed by atoms with van der Waals surface area (Å²) < 4.78 is 28.4. The second-order valence-electron chi connectivity index (χ2n) is 8.90. The topological polar surface area (TPSA) is 86.8 Å². The summed E-state index contributed by atoms with van der Waals surface area (Å²) in [6.07, 6.45) is 0. The lowest BCUT2D eigenvalue weighted by Gasteiger charge is -2.32. The van der Waals surface area contributed by atoms with Crippen molar-refractivity contribution in [3.8, 4) is 0 Å². The zero-order valence-electron chi connectivity index (χ0n) is 21.1. The molecule has 0 heterocycles. The Kier molecular flexibility index (Phi) is 10.1. The number of sulfonamides is 1. The molecule has 1 N–H and O–H groups in total. The Bertz CT molecular complexity index is 1380. The van der Waals surface area contributed by atoms with Crippen LogP contribution in [0.5, 0.6) is 0 Å². The first kappa shape index (κ1) is 29.8. The second kappa shape index (κ2) is 12.8. The molecule has 0 radical (unpaired) electrons. The van der Waals surface area contributed by atoms with E-state index in [1.807, 2.05) is 13.8 Å². The molecule has 0 aliphatic heterocycles. The first-order valence-electron chi connectivity index (χ1n) is 11.8. The van der Waals surface area contributed by atoms with Crippen molar-refractivity contribution in [2.45, 2.75) is 44.3 Å². The molecular weight excluding hydrogens is 569 g/mol. The van der Waals surface area contributed by atoms with E-state index in [1.54, 1.807) is 55.5 Å². The third-order valence-electron chi connectivity index (χ3n) is 5.68. The van der Waals surface area contributed by atoms with Gasteiger partial charge < -0.3 is 10.2 Å². The van der Waals surface area contributed by atoms with Crippen LogP contribution in [0.4, 0.5) is 5.69 Å².